The maximum absolute atomic E-state index is 5.52. The van der Waals surface area contributed by atoms with Crippen LogP contribution in [0.25, 0.3) is 0 Å². The maximum Gasteiger partial charge on any atom is 0.136 e. The third kappa shape index (κ3) is 1.97. The second-order valence-corrected chi connectivity index (χ2v) is 2.94. The number of rotatable bonds is 0. The first kappa shape index (κ1) is 9.96. The Morgan fingerprint density at radius 1 is 1.17 bits per heavy atom. The molecule has 0 aromatic carbocycles. The van der Waals surface area contributed by atoms with Gasteiger partial charge in [0.2, 0.25) is 0 Å². The van der Waals surface area contributed by atoms with Crippen LogP contribution in [0.2, 0.25) is 0 Å². The molecule has 0 aromatic heterocycles. The summed E-state index contributed by atoms with van der Waals surface area (Å²) in [6.45, 7) is 6.63. The van der Waals surface area contributed by atoms with Crippen molar-refractivity contribution >= 4 is 0 Å². The molecule has 2 aliphatic heterocycles. The lowest BCUT2D eigenvalue weighted by atomic mass is 10.3. The van der Waals surface area contributed by atoms with Crippen LogP contribution in [0.4, 0.5) is 0 Å². The minimum absolute atomic E-state index is 0.244. The number of hydrogen-bond acceptors (Lipinski definition) is 3. The van der Waals surface area contributed by atoms with Gasteiger partial charge in [0.25, 0.3) is 0 Å². The molecule has 0 radical (unpaired) electrons. The number of ether oxygens (including phenoxy) is 2. The van der Waals surface area contributed by atoms with Crippen molar-refractivity contribution in [1.29, 1.82) is 0 Å². The largest absolute Gasteiger partial charge is 0.372 e. The van der Waals surface area contributed by atoms with Crippen LogP contribution in [0.1, 0.15) is 20.3 Å². The molecule has 0 aliphatic carbocycles. The molecule has 0 spiro atoms. The molecule has 72 valence electrons. The summed E-state index contributed by atoms with van der Waals surface area (Å²) < 4.78 is 11.0. The van der Waals surface area contributed by atoms with Gasteiger partial charge in [0, 0.05) is 6.54 Å². The quantitative estimate of drug-likeness (QED) is 0.547. The van der Waals surface area contributed by atoms with E-state index in [1.807, 2.05) is 13.8 Å². The average Bonchev–Trinajstić information content (AvgIpc) is 2.53. The second kappa shape index (κ2) is 4.80. The summed E-state index contributed by atoms with van der Waals surface area (Å²) in [4.78, 5) is 2.21. The molecule has 2 fully saturated rings. The van der Waals surface area contributed by atoms with E-state index in [-0.39, 0.29) is 6.23 Å². The summed E-state index contributed by atoms with van der Waals surface area (Å²) in [6, 6.07) is 0. The fraction of sp³-hybridized carbons (Fsp3) is 1.00. The molecule has 12 heavy (non-hydrogen) atoms. The standard InChI is InChI=1S/C7H13NO2.C2H6/c1-8-3-2-6-7(8)10-5-4-9-6;1-2/h6-7H,2-5H2,1H3;1-2H3. The summed E-state index contributed by atoms with van der Waals surface area (Å²) in [6.07, 6.45) is 1.72. The second-order valence-electron chi connectivity index (χ2n) is 2.94. The van der Waals surface area contributed by atoms with Crippen molar-refractivity contribution < 1.29 is 9.47 Å². The van der Waals surface area contributed by atoms with Gasteiger partial charge in [0.1, 0.15) is 6.23 Å². The number of fused-ring (bicyclic) bond motifs is 1. The Morgan fingerprint density at radius 2 is 1.83 bits per heavy atom. The molecule has 0 aromatic rings. The predicted molar refractivity (Wildman–Crippen MR) is 48.1 cm³/mol. The topological polar surface area (TPSA) is 21.7 Å². The van der Waals surface area contributed by atoms with Crippen molar-refractivity contribution in [3.8, 4) is 0 Å². The van der Waals surface area contributed by atoms with Gasteiger partial charge in [0.15, 0.2) is 0 Å². The molecule has 0 N–H and O–H groups in total. The van der Waals surface area contributed by atoms with Crippen LogP contribution in [0.3, 0.4) is 0 Å². The van der Waals surface area contributed by atoms with E-state index < -0.39 is 0 Å². The third-order valence-corrected chi connectivity index (χ3v) is 2.22. The molecule has 2 unspecified atom stereocenters. The molecule has 0 amide bonds. The van der Waals surface area contributed by atoms with Crippen LogP contribution in [0.5, 0.6) is 0 Å². The number of likely N-dealkylation sites (N-methyl/N-ethyl adjacent to an activating group) is 1. The van der Waals surface area contributed by atoms with Gasteiger partial charge in [-0.05, 0) is 13.5 Å². The lowest BCUT2D eigenvalue weighted by molar-refractivity contribution is -0.162. The van der Waals surface area contributed by atoms with Crippen molar-refractivity contribution in [1.82, 2.24) is 4.90 Å². The fourth-order valence-electron chi connectivity index (χ4n) is 1.65. The minimum Gasteiger partial charge on any atom is -0.372 e. The zero-order valence-corrected chi connectivity index (χ0v) is 8.25. The van der Waals surface area contributed by atoms with E-state index in [1.165, 1.54) is 0 Å². The van der Waals surface area contributed by atoms with Crippen LogP contribution >= 0.6 is 0 Å². The summed E-state index contributed by atoms with van der Waals surface area (Å²) in [5, 5.41) is 0. The first-order valence-electron chi connectivity index (χ1n) is 4.81. The SMILES string of the molecule is CC.CN1CCC2OCCOC21. The Balaban J connectivity index is 0.000000336. The van der Waals surface area contributed by atoms with Gasteiger partial charge in [0.05, 0.1) is 19.3 Å². The van der Waals surface area contributed by atoms with Gasteiger partial charge < -0.3 is 9.47 Å². The Morgan fingerprint density at radius 3 is 2.50 bits per heavy atom. The first-order valence-corrected chi connectivity index (χ1v) is 4.81. The molecule has 2 atom stereocenters. The van der Waals surface area contributed by atoms with Gasteiger partial charge >= 0.3 is 0 Å². The van der Waals surface area contributed by atoms with Crippen molar-refractivity contribution in [3.63, 3.8) is 0 Å². The van der Waals surface area contributed by atoms with Gasteiger partial charge in [-0.25, -0.2) is 0 Å². The van der Waals surface area contributed by atoms with Crippen LogP contribution in [-0.4, -0.2) is 44.0 Å². The third-order valence-electron chi connectivity index (χ3n) is 2.22. The summed E-state index contributed by atoms with van der Waals surface area (Å²) in [7, 11) is 2.08. The Hall–Kier alpha value is -0.120. The average molecular weight is 173 g/mol. The Kier molecular flexibility index (Phi) is 3.98. The lowest BCUT2D eigenvalue weighted by Crippen LogP contribution is -2.41. The molecule has 2 rings (SSSR count). The number of hydrogen-bond donors (Lipinski definition) is 0. The molecule has 0 bridgehead atoms. The lowest BCUT2D eigenvalue weighted by Gasteiger charge is -2.29. The monoisotopic (exact) mass is 173 g/mol. The van der Waals surface area contributed by atoms with E-state index >= 15 is 0 Å². The number of likely N-dealkylation sites (tertiary alicyclic amines) is 1. The summed E-state index contributed by atoms with van der Waals surface area (Å²) in [5.74, 6) is 0. The number of nitrogens with zero attached hydrogens (tertiary/aromatic N) is 1. The predicted octanol–water partition coefficient (Wildman–Crippen LogP) is 1.09. The molecule has 3 nitrogen and oxygen atoms in total. The Bertz CT molecular complexity index is 128. The Labute approximate surface area is 74.6 Å². The zero-order chi connectivity index (χ0) is 8.97. The van der Waals surface area contributed by atoms with E-state index in [9.17, 15) is 0 Å². The highest BCUT2D eigenvalue weighted by molar-refractivity contribution is 4.81. The van der Waals surface area contributed by atoms with Crippen molar-refractivity contribution in [2.45, 2.75) is 32.6 Å². The van der Waals surface area contributed by atoms with E-state index in [0.717, 1.165) is 26.2 Å². The normalized spacial score (nSPS) is 35.2. The van der Waals surface area contributed by atoms with Gasteiger partial charge in [-0.3, -0.25) is 4.90 Å². The first-order chi connectivity index (χ1) is 5.88. The molecule has 3 heteroatoms. The highest BCUT2D eigenvalue weighted by Crippen LogP contribution is 2.22. The van der Waals surface area contributed by atoms with Gasteiger partial charge in [-0.1, -0.05) is 13.8 Å². The smallest absolute Gasteiger partial charge is 0.136 e. The van der Waals surface area contributed by atoms with E-state index in [0.29, 0.717) is 6.10 Å². The molecule has 2 saturated heterocycles. The molecule has 0 saturated carbocycles. The minimum atomic E-state index is 0.244. The highest BCUT2D eigenvalue weighted by Gasteiger charge is 2.35. The summed E-state index contributed by atoms with van der Waals surface area (Å²) in [5.41, 5.74) is 0. The van der Waals surface area contributed by atoms with Crippen LogP contribution in [0.15, 0.2) is 0 Å². The fourth-order valence-corrected chi connectivity index (χ4v) is 1.65. The zero-order valence-electron chi connectivity index (χ0n) is 8.25. The van der Waals surface area contributed by atoms with Crippen molar-refractivity contribution in [2.75, 3.05) is 26.8 Å². The van der Waals surface area contributed by atoms with Crippen LogP contribution in [-0.2, 0) is 9.47 Å². The van der Waals surface area contributed by atoms with E-state index in [4.69, 9.17) is 9.47 Å². The highest BCUT2D eigenvalue weighted by atomic mass is 16.6. The van der Waals surface area contributed by atoms with E-state index in [2.05, 4.69) is 11.9 Å². The van der Waals surface area contributed by atoms with Crippen LogP contribution < -0.4 is 0 Å². The van der Waals surface area contributed by atoms with Crippen molar-refractivity contribution in [2.24, 2.45) is 0 Å². The van der Waals surface area contributed by atoms with Gasteiger partial charge in [-0.2, -0.15) is 0 Å². The van der Waals surface area contributed by atoms with E-state index in [1.54, 1.807) is 0 Å². The van der Waals surface area contributed by atoms with Gasteiger partial charge in [-0.15, -0.1) is 0 Å². The van der Waals surface area contributed by atoms with Crippen LogP contribution in [0, 0.1) is 0 Å². The molecule has 2 heterocycles. The molecule has 2 aliphatic rings. The summed E-state index contributed by atoms with van der Waals surface area (Å²) >= 11 is 0. The maximum atomic E-state index is 5.52. The molecular formula is C9H19NO2. The molecular weight excluding hydrogens is 154 g/mol. The van der Waals surface area contributed by atoms with Crippen molar-refractivity contribution in [3.05, 3.63) is 0 Å².